The van der Waals surface area contributed by atoms with E-state index in [4.69, 9.17) is 27.9 Å². The molecule has 3 rings (SSSR count). The quantitative estimate of drug-likeness (QED) is 0.530. The fourth-order valence-electron chi connectivity index (χ4n) is 2.69. The number of para-hydroxylation sites is 1. The molecule has 1 aromatic heterocycles. The zero-order chi connectivity index (χ0) is 19.4. The predicted octanol–water partition coefficient (Wildman–Crippen LogP) is 5.75. The number of aromatic hydroxyl groups is 1. The van der Waals surface area contributed by atoms with Crippen molar-refractivity contribution in [1.82, 2.24) is 4.57 Å². The van der Waals surface area contributed by atoms with Crippen LogP contribution in [0.3, 0.4) is 0 Å². The van der Waals surface area contributed by atoms with Crippen LogP contribution in [0.25, 0.3) is 10.9 Å². The molecule has 0 saturated heterocycles. The van der Waals surface area contributed by atoms with Crippen LogP contribution >= 0.6 is 23.2 Å². The molecule has 0 spiro atoms. The molecule has 1 amide bonds. The fraction of sp³-hybridized carbons (Fsp3) is 0.211. The van der Waals surface area contributed by atoms with Gasteiger partial charge in [-0.05, 0) is 30.7 Å². The van der Waals surface area contributed by atoms with Crippen LogP contribution in [0.2, 0.25) is 10.0 Å². The van der Waals surface area contributed by atoms with Crippen molar-refractivity contribution >= 4 is 45.7 Å². The molecule has 0 radical (unpaired) electrons. The van der Waals surface area contributed by atoms with Gasteiger partial charge in [0, 0.05) is 17.0 Å². The first-order chi connectivity index (χ1) is 13.0. The average Bonchev–Trinajstić information content (AvgIpc) is 2.91. The second-order valence-corrected chi connectivity index (χ2v) is 6.64. The van der Waals surface area contributed by atoms with Gasteiger partial charge in [-0.2, -0.15) is 0 Å². The third kappa shape index (κ3) is 4.23. The molecule has 0 saturated carbocycles. The van der Waals surface area contributed by atoms with Gasteiger partial charge in [0.1, 0.15) is 5.75 Å². The summed E-state index contributed by atoms with van der Waals surface area (Å²) in [5, 5.41) is 19.6. The number of halogens is 2. The summed E-state index contributed by atoms with van der Waals surface area (Å²) < 4.78 is 7.09. The molecule has 1 heterocycles. The Morgan fingerprint density at radius 1 is 1.22 bits per heavy atom. The van der Waals surface area contributed by atoms with Crippen LogP contribution in [0.4, 0.5) is 5.69 Å². The van der Waals surface area contributed by atoms with Crippen molar-refractivity contribution in [2.24, 2.45) is 10.2 Å². The summed E-state index contributed by atoms with van der Waals surface area (Å²) in [5.41, 5.74) is 1.10. The number of ether oxygens (including phenoxy) is 1. The van der Waals surface area contributed by atoms with Crippen LogP contribution in [0, 0.1) is 0 Å². The fourth-order valence-corrected chi connectivity index (χ4v) is 3.15. The summed E-state index contributed by atoms with van der Waals surface area (Å²) in [7, 11) is 0. The Morgan fingerprint density at radius 3 is 2.74 bits per heavy atom. The number of hydrogen-bond acceptors (Lipinski definition) is 4. The molecule has 0 fully saturated rings. The van der Waals surface area contributed by atoms with Crippen molar-refractivity contribution in [3.05, 3.63) is 52.5 Å². The number of aryl methyl sites for hydroxylation is 1. The standard InChI is InChI=1S/C19H17Cl2N3O3/c1-2-9-24-15-6-4-3-5-13(15)18(19(24)26)23-22-17(25)11-27-16-8-7-12(20)10-14(16)21/h3-8,10,26H,2,9,11H2,1H3. The maximum absolute atomic E-state index is 12.0. The van der Waals surface area contributed by atoms with Crippen molar-refractivity contribution in [2.75, 3.05) is 6.61 Å². The summed E-state index contributed by atoms with van der Waals surface area (Å²) >= 11 is 11.8. The largest absolute Gasteiger partial charge is 0.493 e. The van der Waals surface area contributed by atoms with E-state index in [2.05, 4.69) is 10.2 Å². The predicted molar refractivity (Wildman–Crippen MR) is 105 cm³/mol. The third-order valence-corrected chi connectivity index (χ3v) is 4.40. The van der Waals surface area contributed by atoms with Gasteiger partial charge in [-0.15, -0.1) is 10.2 Å². The minimum Gasteiger partial charge on any atom is -0.493 e. The van der Waals surface area contributed by atoms with Crippen LogP contribution in [-0.4, -0.2) is 22.2 Å². The number of fused-ring (bicyclic) bond motifs is 1. The van der Waals surface area contributed by atoms with Crippen molar-refractivity contribution in [3.8, 4) is 11.6 Å². The van der Waals surface area contributed by atoms with E-state index in [1.165, 1.54) is 6.07 Å². The molecule has 3 aromatic rings. The van der Waals surface area contributed by atoms with Gasteiger partial charge in [0.2, 0.25) is 5.88 Å². The lowest BCUT2D eigenvalue weighted by Crippen LogP contribution is -2.08. The van der Waals surface area contributed by atoms with Crippen LogP contribution < -0.4 is 4.74 Å². The molecule has 6 nitrogen and oxygen atoms in total. The summed E-state index contributed by atoms with van der Waals surface area (Å²) in [5.74, 6) is -0.295. The summed E-state index contributed by atoms with van der Waals surface area (Å²) in [6.07, 6.45) is 0.845. The van der Waals surface area contributed by atoms with Gasteiger partial charge in [0.15, 0.2) is 12.3 Å². The molecule has 140 valence electrons. The SMILES string of the molecule is CCCn1c(O)c(N=NC(=O)COc2ccc(Cl)cc2Cl)c2ccccc21. The van der Waals surface area contributed by atoms with Crippen LogP contribution in [-0.2, 0) is 11.3 Å². The highest BCUT2D eigenvalue weighted by molar-refractivity contribution is 6.35. The van der Waals surface area contributed by atoms with E-state index in [-0.39, 0.29) is 18.2 Å². The van der Waals surface area contributed by atoms with E-state index < -0.39 is 5.91 Å². The lowest BCUT2D eigenvalue weighted by molar-refractivity contribution is -0.120. The summed E-state index contributed by atoms with van der Waals surface area (Å²) in [6, 6.07) is 12.1. The first-order valence-electron chi connectivity index (χ1n) is 8.34. The Balaban J connectivity index is 1.77. The Morgan fingerprint density at radius 2 is 2.00 bits per heavy atom. The van der Waals surface area contributed by atoms with E-state index in [0.29, 0.717) is 22.3 Å². The molecule has 2 aromatic carbocycles. The molecule has 0 aliphatic rings. The average molecular weight is 406 g/mol. The molecule has 1 N–H and O–H groups in total. The van der Waals surface area contributed by atoms with Gasteiger partial charge >= 0.3 is 5.91 Å². The second-order valence-electron chi connectivity index (χ2n) is 5.80. The Kier molecular flexibility index (Phi) is 5.98. The van der Waals surface area contributed by atoms with Crippen molar-refractivity contribution in [2.45, 2.75) is 19.9 Å². The number of carbonyl (C=O) groups is 1. The highest BCUT2D eigenvalue weighted by Crippen LogP contribution is 2.38. The minimum atomic E-state index is -0.604. The maximum atomic E-state index is 12.0. The smallest absolute Gasteiger partial charge is 0.302 e. The lowest BCUT2D eigenvalue weighted by atomic mass is 10.2. The van der Waals surface area contributed by atoms with Gasteiger partial charge in [-0.3, -0.25) is 4.79 Å². The summed E-state index contributed by atoms with van der Waals surface area (Å²) in [6.45, 7) is 2.31. The summed E-state index contributed by atoms with van der Waals surface area (Å²) in [4.78, 5) is 12.0. The second kappa shape index (κ2) is 8.41. The van der Waals surface area contributed by atoms with Crippen LogP contribution in [0.1, 0.15) is 13.3 Å². The van der Waals surface area contributed by atoms with Crippen LogP contribution in [0.5, 0.6) is 11.6 Å². The third-order valence-electron chi connectivity index (χ3n) is 3.87. The number of amides is 1. The highest BCUT2D eigenvalue weighted by atomic mass is 35.5. The van der Waals surface area contributed by atoms with E-state index >= 15 is 0 Å². The molecule has 0 atom stereocenters. The monoisotopic (exact) mass is 405 g/mol. The molecule has 27 heavy (non-hydrogen) atoms. The number of hydrogen-bond donors (Lipinski definition) is 1. The van der Waals surface area contributed by atoms with Gasteiger partial charge in [0.25, 0.3) is 0 Å². The van der Waals surface area contributed by atoms with E-state index in [1.807, 2.05) is 31.2 Å². The Labute approximate surface area is 166 Å². The normalized spacial score (nSPS) is 11.4. The van der Waals surface area contributed by atoms with Gasteiger partial charge in [0.05, 0.1) is 10.5 Å². The van der Waals surface area contributed by atoms with E-state index in [9.17, 15) is 9.90 Å². The molecular formula is C19H17Cl2N3O3. The zero-order valence-electron chi connectivity index (χ0n) is 14.5. The topological polar surface area (TPSA) is 76.2 Å². The molecule has 0 aliphatic carbocycles. The highest BCUT2D eigenvalue weighted by Gasteiger charge is 2.16. The van der Waals surface area contributed by atoms with Gasteiger partial charge in [-0.25, -0.2) is 0 Å². The molecule has 0 unspecified atom stereocenters. The molecule has 0 aliphatic heterocycles. The number of nitrogens with zero attached hydrogens (tertiary/aromatic N) is 3. The number of benzene rings is 2. The number of carbonyl (C=O) groups excluding carboxylic acids is 1. The van der Waals surface area contributed by atoms with Crippen molar-refractivity contribution in [3.63, 3.8) is 0 Å². The Hall–Kier alpha value is -2.57. The lowest BCUT2D eigenvalue weighted by Gasteiger charge is -2.05. The number of azo groups is 1. The van der Waals surface area contributed by atoms with Gasteiger partial charge < -0.3 is 14.4 Å². The van der Waals surface area contributed by atoms with E-state index in [0.717, 1.165) is 17.3 Å². The van der Waals surface area contributed by atoms with Crippen LogP contribution in [0.15, 0.2) is 52.7 Å². The number of aromatic nitrogens is 1. The molecule has 0 bridgehead atoms. The zero-order valence-corrected chi connectivity index (χ0v) is 16.0. The first-order valence-corrected chi connectivity index (χ1v) is 9.09. The molecular weight excluding hydrogens is 389 g/mol. The first kappa shape index (κ1) is 19.2. The molecule has 8 heteroatoms. The number of rotatable bonds is 6. The van der Waals surface area contributed by atoms with Crippen molar-refractivity contribution < 1.29 is 14.6 Å². The van der Waals surface area contributed by atoms with Gasteiger partial charge in [-0.1, -0.05) is 48.3 Å². The van der Waals surface area contributed by atoms with Crippen molar-refractivity contribution in [1.29, 1.82) is 0 Å². The minimum absolute atomic E-state index is 0.0173. The van der Waals surface area contributed by atoms with E-state index in [1.54, 1.807) is 16.7 Å². The maximum Gasteiger partial charge on any atom is 0.302 e. The Bertz CT molecular complexity index is 1010.